The number of carboxylic acid groups (broad SMARTS) is 1. The Kier molecular flexibility index (Phi) is 9.37. The molecule has 0 saturated carbocycles. The Balaban J connectivity index is 1.44. The van der Waals surface area contributed by atoms with Gasteiger partial charge >= 0.3 is 5.97 Å². The topological polar surface area (TPSA) is 109 Å². The van der Waals surface area contributed by atoms with E-state index >= 15 is 0 Å². The third-order valence-corrected chi connectivity index (χ3v) is 7.09. The van der Waals surface area contributed by atoms with Crippen LogP contribution in [0.2, 0.25) is 0 Å². The first-order valence-corrected chi connectivity index (χ1v) is 13.1. The van der Waals surface area contributed by atoms with Crippen molar-refractivity contribution in [2.75, 3.05) is 5.75 Å². The minimum atomic E-state index is -1.12. The van der Waals surface area contributed by atoms with Crippen LogP contribution in [0.3, 0.4) is 0 Å². The number of amides is 1. The summed E-state index contributed by atoms with van der Waals surface area (Å²) < 4.78 is 0. The molecule has 0 bridgehead atoms. The zero-order chi connectivity index (χ0) is 26.7. The van der Waals surface area contributed by atoms with Gasteiger partial charge in [0.25, 0.3) is 0 Å². The molecule has 0 fully saturated rings. The van der Waals surface area contributed by atoms with E-state index in [0.717, 1.165) is 34.0 Å². The van der Waals surface area contributed by atoms with Gasteiger partial charge in [-0.15, -0.1) is 0 Å². The molecule has 2 N–H and O–H groups in total. The fourth-order valence-corrected chi connectivity index (χ4v) is 4.89. The van der Waals surface area contributed by atoms with Gasteiger partial charge in [-0.05, 0) is 23.1 Å². The summed E-state index contributed by atoms with van der Waals surface area (Å²) in [5.41, 5.74) is 4.03. The lowest BCUT2D eigenvalue weighted by Gasteiger charge is -2.20. The smallest absolute Gasteiger partial charge is 0.326 e. The average Bonchev–Trinajstić information content (AvgIpc) is 2.96. The summed E-state index contributed by atoms with van der Waals surface area (Å²) in [6, 6.07) is 24.7. The van der Waals surface area contributed by atoms with Gasteiger partial charge in [0.2, 0.25) is 11.0 Å². The van der Waals surface area contributed by atoms with Gasteiger partial charge in [-0.1, -0.05) is 96.7 Å². The van der Waals surface area contributed by atoms with Crippen LogP contribution < -0.4 is 5.32 Å². The van der Waals surface area contributed by atoms with Crippen LogP contribution in [0.5, 0.6) is 0 Å². The Morgan fingerprint density at radius 2 is 1.37 bits per heavy atom. The number of hydrogen-bond acceptors (Lipinski definition) is 6. The standard InChI is InChI=1S/C30H27N3O4S/c34-28(25(15-21-7-3-1-4-8-21)19-38-30(37)24-9-5-2-6-10-24)33-27(29(35)36)16-22-11-13-23(14-12-22)26-17-31-20-32-18-26/h1-14,17-18,20,25,27H,15-16,19H2,(H,33,34)(H,35,36)/t25-,27+/m1/s1. The van der Waals surface area contributed by atoms with Crippen LogP contribution in [0.25, 0.3) is 11.1 Å². The zero-order valence-electron chi connectivity index (χ0n) is 20.6. The van der Waals surface area contributed by atoms with Crippen LogP contribution in [0.4, 0.5) is 0 Å². The van der Waals surface area contributed by atoms with Gasteiger partial charge in [0.15, 0.2) is 0 Å². The van der Waals surface area contributed by atoms with Gasteiger partial charge in [0, 0.05) is 35.7 Å². The fourth-order valence-electron chi connectivity index (χ4n) is 3.97. The van der Waals surface area contributed by atoms with Crippen LogP contribution in [0.1, 0.15) is 21.5 Å². The van der Waals surface area contributed by atoms with E-state index in [9.17, 15) is 19.5 Å². The summed E-state index contributed by atoms with van der Waals surface area (Å²) in [5.74, 6) is -1.87. The molecule has 0 unspecified atom stereocenters. The predicted octanol–water partition coefficient (Wildman–Crippen LogP) is 4.69. The van der Waals surface area contributed by atoms with Crippen molar-refractivity contribution >= 4 is 28.8 Å². The van der Waals surface area contributed by atoms with Crippen LogP contribution in [0, 0.1) is 5.92 Å². The maximum Gasteiger partial charge on any atom is 0.326 e. The van der Waals surface area contributed by atoms with E-state index in [-0.39, 0.29) is 17.3 Å². The number of benzene rings is 3. The molecule has 1 heterocycles. The van der Waals surface area contributed by atoms with Crippen LogP contribution in [-0.4, -0.2) is 43.9 Å². The minimum absolute atomic E-state index is 0.126. The van der Waals surface area contributed by atoms with Crippen LogP contribution >= 0.6 is 11.8 Å². The molecule has 3 aromatic carbocycles. The van der Waals surface area contributed by atoms with Gasteiger partial charge in [-0.2, -0.15) is 0 Å². The SMILES string of the molecule is O=C(SC[C@@H](Cc1ccccc1)C(=O)N[C@@H](Cc1ccc(-c2cncnc2)cc1)C(=O)O)c1ccccc1. The molecule has 1 amide bonds. The average molecular weight is 526 g/mol. The third kappa shape index (κ3) is 7.60. The largest absolute Gasteiger partial charge is 0.480 e. The summed E-state index contributed by atoms with van der Waals surface area (Å²) in [6.07, 6.45) is 5.38. The van der Waals surface area contributed by atoms with Crippen molar-refractivity contribution in [3.05, 3.63) is 120 Å². The van der Waals surface area contributed by atoms with Gasteiger partial charge in [-0.25, -0.2) is 14.8 Å². The third-order valence-electron chi connectivity index (χ3n) is 6.02. The molecule has 0 aliphatic rings. The Hall–Kier alpha value is -4.30. The molecule has 4 aromatic rings. The molecule has 38 heavy (non-hydrogen) atoms. The van der Waals surface area contributed by atoms with E-state index < -0.39 is 23.8 Å². The second kappa shape index (κ2) is 13.3. The highest BCUT2D eigenvalue weighted by atomic mass is 32.2. The van der Waals surface area contributed by atoms with Crippen molar-refractivity contribution in [2.45, 2.75) is 18.9 Å². The summed E-state index contributed by atoms with van der Waals surface area (Å²) >= 11 is 1.07. The molecule has 8 heteroatoms. The normalized spacial score (nSPS) is 12.3. The molecule has 0 radical (unpaired) electrons. The molecule has 2 atom stereocenters. The lowest BCUT2D eigenvalue weighted by atomic mass is 9.98. The number of carbonyl (C=O) groups excluding carboxylic acids is 2. The van der Waals surface area contributed by atoms with E-state index in [0.29, 0.717) is 12.0 Å². The number of nitrogens with one attached hydrogen (secondary N) is 1. The lowest BCUT2D eigenvalue weighted by molar-refractivity contribution is -0.142. The molecule has 7 nitrogen and oxygen atoms in total. The molecule has 0 aliphatic heterocycles. The van der Waals surface area contributed by atoms with Crippen molar-refractivity contribution in [1.29, 1.82) is 0 Å². The highest BCUT2D eigenvalue weighted by Gasteiger charge is 2.27. The number of aromatic nitrogens is 2. The Morgan fingerprint density at radius 1 is 0.763 bits per heavy atom. The second-order valence-corrected chi connectivity index (χ2v) is 9.77. The predicted molar refractivity (Wildman–Crippen MR) is 148 cm³/mol. The van der Waals surface area contributed by atoms with Crippen molar-refractivity contribution in [3.63, 3.8) is 0 Å². The van der Waals surface area contributed by atoms with E-state index in [2.05, 4.69) is 15.3 Å². The van der Waals surface area contributed by atoms with Crippen molar-refractivity contribution < 1.29 is 19.5 Å². The van der Waals surface area contributed by atoms with E-state index in [1.165, 1.54) is 6.33 Å². The van der Waals surface area contributed by atoms with Gasteiger partial charge < -0.3 is 10.4 Å². The minimum Gasteiger partial charge on any atom is -0.480 e. The zero-order valence-corrected chi connectivity index (χ0v) is 21.4. The summed E-state index contributed by atoms with van der Waals surface area (Å²) in [6.45, 7) is 0. The number of carbonyl (C=O) groups is 3. The van der Waals surface area contributed by atoms with Gasteiger partial charge in [-0.3, -0.25) is 9.59 Å². The molecule has 192 valence electrons. The first-order valence-electron chi connectivity index (χ1n) is 12.1. The Morgan fingerprint density at radius 3 is 2.00 bits per heavy atom. The Bertz CT molecular complexity index is 1350. The van der Waals surface area contributed by atoms with Crippen molar-refractivity contribution in [1.82, 2.24) is 15.3 Å². The molecule has 4 rings (SSSR count). The van der Waals surface area contributed by atoms with Crippen molar-refractivity contribution in [3.8, 4) is 11.1 Å². The number of carboxylic acids is 1. The maximum absolute atomic E-state index is 13.3. The van der Waals surface area contributed by atoms with Crippen molar-refractivity contribution in [2.24, 2.45) is 5.92 Å². The summed E-state index contributed by atoms with van der Waals surface area (Å²) in [7, 11) is 0. The summed E-state index contributed by atoms with van der Waals surface area (Å²) in [4.78, 5) is 46.1. The van der Waals surface area contributed by atoms with Gasteiger partial charge in [0.1, 0.15) is 12.4 Å². The molecular formula is C30H27N3O4S. The number of nitrogens with zero attached hydrogens (tertiary/aromatic N) is 2. The number of thioether (sulfide) groups is 1. The fraction of sp³-hybridized carbons (Fsp3) is 0.167. The number of rotatable bonds is 11. The molecule has 0 aliphatic carbocycles. The highest BCUT2D eigenvalue weighted by Crippen LogP contribution is 2.21. The number of hydrogen-bond donors (Lipinski definition) is 2. The molecular weight excluding hydrogens is 498 g/mol. The second-order valence-electron chi connectivity index (χ2n) is 8.78. The maximum atomic E-state index is 13.3. The monoisotopic (exact) mass is 525 g/mol. The quantitative estimate of drug-likeness (QED) is 0.292. The summed E-state index contributed by atoms with van der Waals surface area (Å²) in [5, 5.41) is 12.4. The molecule has 0 saturated heterocycles. The van der Waals surface area contributed by atoms with Gasteiger partial charge in [0.05, 0.1) is 5.92 Å². The van der Waals surface area contributed by atoms with E-state index in [1.807, 2.05) is 60.7 Å². The first kappa shape index (κ1) is 26.8. The first-order chi connectivity index (χ1) is 18.5. The Labute approximate surface area is 225 Å². The molecule has 0 spiro atoms. The number of aliphatic carboxylic acids is 1. The highest BCUT2D eigenvalue weighted by molar-refractivity contribution is 8.14. The van der Waals surface area contributed by atoms with E-state index in [1.54, 1.807) is 36.7 Å². The lowest BCUT2D eigenvalue weighted by Crippen LogP contribution is -2.46. The molecule has 1 aromatic heterocycles. The van der Waals surface area contributed by atoms with Crippen LogP contribution in [0.15, 0.2) is 104 Å². The van der Waals surface area contributed by atoms with Crippen LogP contribution in [-0.2, 0) is 22.4 Å². The van der Waals surface area contributed by atoms with E-state index in [4.69, 9.17) is 0 Å².